The van der Waals surface area contributed by atoms with Crippen LogP contribution in [0.2, 0.25) is 0 Å². The van der Waals surface area contributed by atoms with Gasteiger partial charge in [-0.05, 0) is 30.7 Å². The second-order valence-electron chi connectivity index (χ2n) is 5.95. The van der Waals surface area contributed by atoms with Crippen molar-refractivity contribution in [1.29, 1.82) is 0 Å². The van der Waals surface area contributed by atoms with E-state index in [-0.39, 0.29) is 17.9 Å². The van der Waals surface area contributed by atoms with Crippen LogP contribution in [0.4, 0.5) is 23.7 Å². The Kier molecular flexibility index (Phi) is 7.18. The Morgan fingerprint density at radius 1 is 1.03 bits per heavy atom. The van der Waals surface area contributed by atoms with Crippen LogP contribution < -0.4 is 16.2 Å². The Morgan fingerprint density at radius 3 is 2.45 bits per heavy atom. The lowest BCUT2D eigenvalue weighted by Crippen LogP contribution is -2.42. The maximum Gasteiger partial charge on any atom is 0.416 e. The summed E-state index contributed by atoms with van der Waals surface area (Å²) in [6.45, 7) is 2.74. The molecule has 0 aliphatic carbocycles. The lowest BCUT2D eigenvalue weighted by Gasteiger charge is -2.12. The first-order chi connectivity index (χ1) is 13.7. The molecular weight excluding hydrogens is 389 g/mol. The first kappa shape index (κ1) is 21.7. The fourth-order valence-corrected chi connectivity index (χ4v) is 2.24. The Bertz CT molecular complexity index is 914. The van der Waals surface area contributed by atoms with E-state index in [1.165, 1.54) is 26.0 Å². The Labute approximate surface area is 164 Å². The Morgan fingerprint density at radius 2 is 1.76 bits per heavy atom. The number of amides is 3. The molecule has 0 aromatic heterocycles. The Balaban J connectivity index is 2.03. The van der Waals surface area contributed by atoms with Gasteiger partial charge in [-0.2, -0.15) is 13.2 Å². The highest BCUT2D eigenvalue weighted by Gasteiger charge is 2.30. The van der Waals surface area contributed by atoms with Crippen molar-refractivity contribution < 1.29 is 27.6 Å². The monoisotopic (exact) mass is 408 g/mol. The summed E-state index contributed by atoms with van der Waals surface area (Å²) in [4.78, 5) is 27.8. The SMILES string of the molecule is CC(=O)NNC(=O)Nc1ccccc1CO/N=C(\C)c1cccc(C(F)(F)F)c1. The number of alkyl halides is 3. The number of carbonyl (C=O) groups excluding carboxylic acids is 2. The zero-order valence-electron chi connectivity index (χ0n) is 15.6. The van der Waals surface area contributed by atoms with E-state index in [0.29, 0.717) is 11.3 Å². The molecule has 7 nitrogen and oxygen atoms in total. The molecule has 0 aliphatic heterocycles. The van der Waals surface area contributed by atoms with Gasteiger partial charge in [0.15, 0.2) is 0 Å². The number of urea groups is 1. The minimum atomic E-state index is -4.44. The molecule has 0 radical (unpaired) electrons. The topological polar surface area (TPSA) is 91.8 Å². The second-order valence-corrected chi connectivity index (χ2v) is 5.95. The molecule has 154 valence electrons. The van der Waals surface area contributed by atoms with Gasteiger partial charge in [0.2, 0.25) is 5.91 Å². The van der Waals surface area contributed by atoms with E-state index in [0.717, 1.165) is 12.1 Å². The normalized spacial score (nSPS) is 11.6. The number of oxime groups is 1. The number of halogens is 3. The highest BCUT2D eigenvalue weighted by atomic mass is 19.4. The second kappa shape index (κ2) is 9.58. The van der Waals surface area contributed by atoms with Gasteiger partial charge in [-0.1, -0.05) is 35.5 Å². The quantitative estimate of drug-likeness (QED) is 0.519. The maximum atomic E-state index is 12.8. The van der Waals surface area contributed by atoms with Gasteiger partial charge in [0.1, 0.15) is 6.61 Å². The lowest BCUT2D eigenvalue weighted by molar-refractivity contribution is -0.137. The molecule has 2 rings (SSSR count). The first-order valence-corrected chi connectivity index (χ1v) is 8.42. The number of nitrogens with zero attached hydrogens (tertiary/aromatic N) is 1. The number of hydrogen-bond donors (Lipinski definition) is 3. The standard InChI is InChI=1S/C19H19F3N4O3/c1-12(14-7-5-8-16(10-14)19(20,21)22)26-29-11-15-6-3-4-9-17(15)23-18(28)25-24-13(2)27/h3-10H,11H2,1-2H3,(H,24,27)(H2,23,25,28)/b26-12+. The van der Waals surface area contributed by atoms with Crippen molar-refractivity contribution in [3.05, 3.63) is 65.2 Å². The molecule has 2 aromatic carbocycles. The summed E-state index contributed by atoms with van der Waals surface area (Å²) in [5, 5.41) is 6.40. The molecule has 0 saturated heterocycles. The van der Waals surface area contributed by atoms with E-state index in [4.69, 9.17) is 4.84 Å². The minimum absolute atomic E-state index is 0.0348. The van der Waals surface area contributed by atoms with E-state index in [1.807, 2.05) is 0 Å². The molecule has 0 spiro atoms. The summed E-state index contributed by atoms with van der Waals surface area (Å²) in [7, 11) is 0. The van der Waals surface area contributed by atoms with Gasteiger partial charge in [-0.15, -0.1) is 0 Å². The minimum Gasteiger partial charge on any atom is -0.391 e. The Hall–Kier alpha value is -3.56. The van der Waals surface area contributed by atoms with Crippen LogP contribution in [0.25, 0.3) is 0 Å². The predicted molar refractivity (Wildman–Crippen MR) is 101 cm³/mol. The summed E-state index contributed by atoms with van der Waals surface area (Å²) >= 11 is 0. The number of hydrazine groups is 1. The lowest BCUT2D eigenvalue weighted by atomic mass is 10.1. The average Bonchev–Trinajstić information content (AvgIpc) is 2.67. The van der Waals surface area contributed by atoms with Crippen molar-refractivity contribution in [2.24, 2.45) is 5.16 Å². The fraction of sp³-hybridized carbons (Fsp3) is 0.211. The smallest absolute Gasteiger partial charge is 0.391 e. The summed E-state index contributed by atoms with van der Waals surface area (Å²) in [6, 6.07) is 10.8. The van der Waals surface area contributed by atoms with Crippen LogP contribution in [-0.4, -0.2) is 17.6 Å². The number of benzene rings is 2. The van der Waals surface area contributed by atoms with Crippen LogP contribution in [0.15, 0.2) is 53.7 Å². The molecule has 3 amide bonds. The molecule has 3 N–H and O–H groups in total. The molecular formula is C19H19F3N4O3. The molecule has 29 heavy (non-hydrogen) atoms. The number of anilines is 1. The number of rotatable bonds is 5. The summed E-state index contributed by atoms with van der Waals surface area (Å²) < 4.78 is 38.5. The van der Waals surface area contributed by atoms with Crippen LogP contribution in [0, 0.1) is 0 Å². The van der Waals surface area contributed by atoms with E-state index in [9.17, 15) is 22.8 Å². The molecule has 2 aromatic rings. The van der Waals surface area contributed by atoms with E-state index in [1.54, 1.807) is 24.3 Å². The molecule has 0 heterocycles. The van der Waals surface area contributed by atoms with Crippen molar-refractivity contribution in [3.8, 4) is 0 Å². The van der Waals surface area contributed by atoms with Crippen LogP contribution >= 0.6 is 0 Å². The zero-order valence-corrected chi connectivity index (χ0v) is 15.6. The van der Waals surface area contributed by atoms with Gasteiger partial charge in [0.05, 0.1) is 11.3 Å². The van der Waals surface area contributed by atoms with Crippen molar-refractivity contribution in [3.63, 3.8) is 0 Å². The molecule has 0 saturated carbocycles. The number of hydrogen-bond acceptors (Lipinski definition) is 4. The van der Waals surface area contributed by atoms with Gasteiger partial charge in [0, 0.05) is 18.2 Å². The third-order valence-corrected chi connectivity index (χ3v) is 3.65. The van der Waals surface area contributed by atoms with Gasteiger partial charge in [-0.3, -0.25) is 10.2 Å². The molecule has 0 atom stereocenters. The fourth-order valence-electron chi connectivity index (χ4n) is 2.24. The van der Waals surface area contributed by atoms with Gasteiger partial charge >= 0.3 is 12.2 Å². The van der Waals surface area contributed by atoms with Crippen molar-refractivity contribution in [1.82, 2.24) is 10.9 Å². The van der Waals surface area contributed by atoms with E-state index < -0.39 is 23.7 Å². The molecule has 0 fully saturated rings. The van der Waals surface area contributed by atoms with Crippen molar-refractivity contribution >= 4 is 23.3 Å². The highest BCUT2D eigenvalue weighted by molar-refractivity contribution is 5.98. The van der Waals surface area contributed by atoms with Crippen LogP contribution in [-0.2, 0) is 22.4 Å². The third-order valence-electron chi connectivity index (χ3n) is 3.65. The third kappa shape index (κ3) is 6.83. The largest absolute Gasteiger partial charge is 0.416 e. The molecule has 0 bridgehead atoms. The first-order valence-electron chi connectivity index (χ1n) is 8.42. The molecule has 0 unspecified atom stereocenters. The number of nitrogens with one attached hydrogen (secondary N) is 3. The predicted octanol–water partition coefficient (Wildman–Crippen LogP) is 3.82. The van der Waals surface area contributed by atoms with Gasteiger partial charge in [0.25, 0.3) is 0 Å². The summed E-state index contributed by atoms with van der Waals surface area (Å²) in [6.07, 6.45) is -4.44. The van der Waals surface area contributed by atoms with E-state index >= 15 is 0 Å². The van der Waals surface area contributed by atoms with Crippen LogP contribution in [0.1, 0.15) is 30.5 Å². The number of carbonyl (C=O) groups is 2. The van der Waals surface area contributed by atoms with Crippen molar-refractivity contribution in [2.45, 2.75) is 26.6 Å². The zero-order chi connectivity index (χ0) is 21.4. The summed E-state index contributed by atoms with van der Waals surface area (Å²) in [5.74, 6) is -0.434. The number of para-hydroxylation sites is 1. The maximum absolute atomic E-state index is 12.8. The summed E-state index contributed by atoms with van der Waals surface area (Å²) in [5.41, 5.74) is 5.07. The average molecular weight is 408 g/mol. The highest BCUT2D eigenvalue weighted by Crippen LogP contribution is 2.29. The van der Waals surface area contributed by atoms with Crippen molar-refractivity contribution in [2.75, 3.05) is 5.32 Å². The molecule has 10 heteroatoms. The van der Waals surface area contributed by atoms with E-state index in [2.05, 4.69) is 21.3 Å². The van der Waals surface area contributed by atoms with Gasteiger partial charge < -0.3 is 10.2 Å². The molecule has 0 aliphatic rings. The van der Waals surface area contributed by atoms with Crippen LogP contribution in [0.3, 0.4) is 0 Å². The van der Waals surface area contributed by atoms with Gasteiger partial charge in [-0.25, -0.2) is 10.2 Å². The van der Waals surface area contributed by atoms with Crippen LogP contribution in [0.5, 0.6) is 0 Å².